The predicted octanol–water partition coefficient (Wildman–Crippen LogP) is 0.622. The van der Waals surface area contributed by atoms with Gasteiger partial charge >= 0.3 is 0 Å². The van der Waals surface area contributed by atoms with Crippen LogP contribution in [-0.4, -0.2) is 87.4 Å². The van der Waals surface area contributed by atoms with E-state index >= 15 is 0 Å². The van der Waals surface area contributed by atoms with Crippen molar-refractivity contribution >= 4 is 11.9 Å². The zero-order chi connectivity index (χ0) is 17.5. The fourth-order valence-corrected chi connectivity index (χ4v) is 3.57. The Hall–Kier alpha value is -1.60. The van der Waals surface area contributed by atoms with Crippen LogP contribution < -0.4 is 5.32 Å². The van der Waals surface area contributed by atoms with Gasteiger partial charge in [-0.3, -0.25) is 9.79 Å². The summed E-state index contributed by atoms with van der Waals surface area (Å²) in [6.45, 7) is 6.28. The average Bonchev–Trinajstić information content (AvgIpc) is 3.20. The lowest BCUT2D eigenvalue weighted by atomic mass is 10.1. The summed E-state index contributed by atoms with van der Waals surface area (Å²) >= 11 is 0. The van der Waals surface area contributed by atoms with E-state index in [2.05, 4.69) is 21.3 Å². The number of carbonyl (C=O) groups excluding carboxylic acids is 1. The Kier molecular flexibility index (Phi) is 6.69. The molecular formula is C18H30N4O3. The molecule has 0 aromatic heterocycles. The number of ether oxygens (including phenoxy) is 2. The summed E-state index contributed by atoms with van der Waals surface area (Å²) in [5, 5.41) is 3.45. The molecule has 140 valence electrons. The highest BCUT2D eigenvalue weighted by molar-refractivity contribution is 5.82. The van der Waals surface area contributed by atoms with Crippen LogP contribution >= 0.6 is 0 Å². The Balaban J connectivity index is 1.40. The minimum absolute atomic E-state index is 0.159. The number of amides is 1. The summed E-state index contributed by atoms with van der Waals surface area (Å²) in [5.41, 5.74) is 1.46. The third-order valence-corrected chi connectivity index (χ3v) is 5.09. The molecule has 2 fully saturated rings. The van der Waals surface area contributed by atoms with Gasteiger partial charge in [0.25, 0.3) is 5.91 Å². The van der Waals surface area contributed by atoms with Gasteiger partial charge in [0.15, 0.2) is 5.96 Å². The van der Waals surface area contributed by atoms with Crippen LogP contribution in [0.25, 0.3) is 0 Å². The molecule has 0 bridgehead atoms. The van der Waals surface area contributed by atoms with Crippen molar-refractivity contribution in [3.05, 3.63) is 11.6 Å². The lowest BCUT2D eigenvalue weighted by Gasteiger charge is -2.37. The molecule has 1 atom stereocenters. The lowest BCUT2D eigenvalue weighted by Crippen LogP contribution is -2.55. The molecule has 3 rings (SSSR count). The normalized spacial score (nSPS) is 25.1. The van der Waals surface area contributed by atoms with Crippen molar-refractivity contribution in [2.24, 2.45) is 4.99 Å². The molecule has 2 saturated heterocycles. The molecule has 3 heterocycles. The van der Waals surface area contributed by atoms with Gasteiger partial charge in [-0.1, -0.05) is 11.6 Å². The monoisotopic (exact) mass is 350 g/mol. The van der Waals surface area contributed by atoms with E-state index in [0.29, 0.717) is 0 Å². The van der Waals surface area contributed by atoms with Crippen molar-refractivity contribution in [1.29, 1.82) is 0 Å². The van der Waals surface area contributed by atoms with Gasteiger partial charge in [-0.05, 0) is 25.7 Å². The van der Waals surface area contributed by atoms with E-state index < -0.39 is 0 Å². The van der Waals surface area contributed by atoms with Gasteiger partial charge in [0.2, 0.25) is 0 Å². The first-order valence-corrected chi connectivity index (χ1v) is 9.39. The Morgan fingerprint density at radius 1 is 1.28 bits per heavy atom. The van der Waals surface area contributed by atoms with E-state index in [1.807, 2.05) is 11.9 Å². The molecule has 3 aliphatic rings. The van der Waals surface area contributed by atoms with Gasteiger partial charge < -0.3 is 24.6 Å². The first kappa shape index (κ1) is 18.2. The third-order valence-electron chi connectivity index (χ3n) is 5.09. The number of guanidine groups is 1. The molecule has 0 aromatic carbocycles. The lowest BCUT2D eigenvalue weighted by molar-refractivity contribution is -0.142. The minimum Gasteiger partial charge on any atom is -0.377 e. The Morgan fingerprint density at radius 2 is 2.08 bits per heavy atom. The van der Waals surface area contributed by atoms with Crippen LogP contribution in [0, 0.1) is 0 Å². The van der Waals surface area contributed by atoms with Gasteiger partial charge in [-0.15, -0.1) is 0 Å². The third kappa shape index (κ3) is 4.95. The largest absolute Gasteiger partial charge is 0.377 e. The highest BCUT2D eigenvalue weighted by Gasteiger charge is 2.30. The summed E-state index contributed by atoms with van der Waals surface area (Å²) in [7, 11) is 1.82. The van der Waals surface area contributed by atoms with Crippen molar-refractivity contribution < 1.29 is 14.3 Å². The fourth-order valence-electron chi connectivity index (χ4n) is 3.57. The van der Waals surface area contributed by atoms with E-state index in [1.54, 1.807) is 0 Å². The Bertz CT molecular complexity index is 506. The van der Waals surface area contributed by atoms with Gasteiger partial charge in [-0.2, -0.15) is 0 Å². The van der Waals surface area contributed by atoms with Crippen molar-refractivity contribution in [3.63, 3.8) is 0 Å². The Morgan fingerprint density at radius 3 is 2.72 bits per heavy atom. The SMILES string of the molecule is CN=C(NCCC1=CCOCC1)N1CCN(C(=O)C2CCCO2)CC1. The Labute approximate surface area is 150 Å². The topological polar surface area (TPSA) is 66.4 Å². The molecule has 7 heteroatoms. The van der Waals surface area contributed by atoms with E-state index in [1.165, 1.54) is 5.57 Å². The zero-order valence-electron chi connectivity index (χ0n) is 15.2. The molecule has 0 aromatic rings. The number of nitrogens with one attached hydrogen (secondary N) is 1. The van der Waals surface area contributed by atoms with Crippen LogP contribution in [0.1, 0.15) is 25.7 Å². The molecule has 0 saturated carbocycles. The molecule has 0 spiro atoms. The van der Waals surface area contributed by atoms with Gasteiger partial charge in [-0.25, -0.2) is 0 Å². The van der Waals surface area contributed by atoms with Crippen molar-refractivity contribution in [3.8, 4) is 0 Å². The fraction of sp³-hybridized carbons (Fsp3) is 0.778. The van der Waals surface area contributed by atoms with Crippen LogP contribution in [0.3, 0.4) is 0 Å². The molecule has 3 aliphatic heterocycles. The summed E-state index contributed by atoms with van der Waals surface area (Å²) in [6, 6.07) is 0. The standard InChI is InChI=1S/C18H30N4O3/c1-19-18(20-7-4-15-5-13-24-14-6-15)22-10-8-21(9-11-22)17(23)16-3-2-12-25-16/h5,16H,2-4,6-14H2,1H3,(H,19,20). The van der Waals surface area contributed by atoms with Crippen LogP contribution in [0.15, 0.2) is 16.6 Å². The number of carbonyl (C=O) groups is 1. The second-order valence-electron chi connectivity index (χ2n) is 6.73. The molecule has 0 radical (unpaired) electrons. The van der Waals surface area contributed by atoms with Crippen LogP contribution in [0.5, 0.6) is 0 Å². The number of hydrogen-bond acceptors (Lipinski definition) is 4. The minimum atomic E-state index is -0.211. The number of piperazine rings is 1. The van der Waals surface area contributed by atoms with E-state index in [4.69, 9.17) is 9.47 Å². The second kappa shape index (κ2) is 9.20. The molecule has 25 heavy (non-hydrogen) atoms. The quantitative estimate of drug-likeness (QED) is 0.457. The molecule has 1 amide bonds. The molecular weight excluding hydrogens is 320 g/mol. The van der Waals surface area contributed by atoms with Gasteiger partial charge in [0, 0.05) is 46.4 Å². The van der Waals surface area contributed by atoms with E-state index in [0.717, 1.165) is 84.2 Å². The van der Waals surface area contributed by atoms with Crippen molar-refractivity contribution in [2.45, 2.75) is 31.8 Å². The number of aliphatic imine (C=N–C) groups is 1. The summed E-state index contributed by atoms with van der Waals surface area (Å²) in [6.07, 6.45) is 5.89. The maximum atomic E-state index is 12.4. The number of rotatable bonds is 4. The van der Waals surface area contributed by atoms with Crippen LogP contribution in [-0.2, 0) is 14.3 Å². The first-order chi connectivity index (χ1) is 12.3. The number of nitrogens with zero attached hydrogens (tertiary/aromatic N) is 3. The highest BCUT2D eigenvalue weighted by Crippen LogP contribution is 2.16. The zero-order valence-corrected chi connectivity index (χ0v) is 15.2. The summed E-state index contributed by atoms with van der Waals surface area (Å²) in [4.78, 5) is 21.0. The molecule has 1 unspecified atom stereocenters. The van der Waals surface area contributed by atoms with Crippen LogP contribution in [0.2, 0.25) is 0 Å². The van der Waals surface area contributed by atoms with Gasteiger partial charge in [0.1, 0.15) is 6.10 Å². The average molecular weight is 350 g/mol. The van der Waals surface area contributed by atoms with E-state index in [-0.39, 0.29) is 12.0 Å². The first-order valence-electron chi connectivity index (χ1n) is 9.39. The maximum Gasteiger partial charge on any atom is 0.251 e. The highest BCUT2D eigenvalue weighted by atomic mass is 16.5. The van der Waals surface area contributed by atoms with E-state index in [9.17, 15) is 4.79 Å². The number of hydrogen-bond donors (Lipinski definition) is 1. The summed E-state index contributed by atoms with van der Waals surface area (Å²) in [5.74, 6) is 1.09. The maximum absolute atomic E-state index is 12.4. The summed E-state index contributed by atoms with van der Waals surface area (Å²) < 4.78 is 10.9. The second-order valence-corrected chi connectivity index (χ2v) is 6.73. The predicted molar refractivity (Wildman–Crippen MR) is 96.6 cm³/mol. The molecule has 7 nitrogen and oxygen atoms in total. The smallest absolute Gasteiger partial charge is 0.251 e. The van der Waals surface area contributed by atoms with Gasteiger partial charge in [0.05, 0.1) is 13.2 Å². The van der Waals surface area contributed by atoms with Crippen molar-refractivity contribution in [2.75, 3.05) is 59.6 Å². The van der Waals surface area contributed by atoms with Crippen LogP contribution in [0.4, 0.5) is 0 Å². The van der Waals surface area contributed by atoms with Crippen molar-refractivity contribution in [1.82, 2.24) is 15.1 Å². The molecule has 0 aliphatic carbocycles. The molecule has 1 N–H and O–H groups in total.